The smallest absolute Gasteiger partial charge is 0.310 e. The van der Waals surface area contributed by atoms with Gasteiger partial charge < -0.3 is 15.3 Å². The van der Waals surface area contributed by atoms with E-state index in [1.165, 1.54) is 6.07 Å². The van der Waals surface area contributed by atoms with Gasteiger partial charge in [-0.2, -0.15) is 0 Å². The predicted octanol–water partition coefficient (Wildman–Crippen LogP) is 1.40. The summed E-state index contributed by atoms with van der Waals surface area (Å²) >= 11 is 0. The summed E-state index contributed by atoms with van der Waals surface area (Å²) in [6.45, 7) is 0.00763. The number of phenols is 1. The minimum Gasteiger partial charge on any atom is -0.502 e. The molecule has 1 rings (SSSR count). The van der Waals surface area contributed by atoms with E-state index in [2.05, 4.69) is 10.0 Å². The van der Waals surface area contributed by atoms with Crippen LogP contribution >= 0.6 is 0 Å². The van der Waals surface area contributed by atoms with Crippen LogP contribution in [0.5, 0.6) is 5.75 Å². The van der Waals surface area contributed by atoms with Crippen LogP contribution in [0.1, 0.15) is 18.1 Å². The van der Waals surface area contributed by atoms with Crippen LogP contribution in [-0.4, -0.2) is 32.9 Å². The molecule has 2 unspecified atom stereocenters. The summed E-state index contributed by atoms with van der Waals surface area (Å²) in [5.74, 6) is -0.594. The Morgan fingerprint density at radius 2 is 2.16 bits per heavy atom. The highest BCUT2D eigenvalue weighted by atomic mass is 16.6. The third-order valence-corrected chi connectivity index (χ3v) is 2.49. The SMILES string of the molecule is [N-]=[N+]=NCCC(O)C(O)c1ccc([N+](=O)[O-])c(O)c1. The Morgan fingerprint density at radius 1 is 1.47 bits per heavy atom. The number of aromatic hydroxyl groups is 1. The Hall–Kier alpha value is -2.35. The molecule has 0 saturated heterocycles. The van der Waals surface area contributed by atoms with Crippen LogP contribution in [0.2, 0.25) is 0 Å². The van der Waals surface area contributed by atoms with E-state index in [-0.39, 0.29) is 18.5 Å². The first-order valence-electron chi connectivity index (χ1n) is 5.31. The van der Waals surface area contributed by atoms with Gasteiger partial charge in [0.1, 0.15) is 6.10 Å². The second-order valence-electron chi connectivity index (χ2n) is 3.76. The Kier molecular flexibility index (Phi) is 5.07. The molecule has 0 radical (unpaired) electrons. The minimum atomic E-state index is -1.33. The summed E-state index contributed by atoms with van der Waals surface area (Å²) in [6, 6.07) is 3.28. The predicted molar refractivity (Wildman–Crippen MR) is 64.4 cm³/mol. The number of phenolic OH excluding ortho intramolecular Hbond substituents is 1. The fraction of sp³-hybridized carbons (Fsp3) is 0.400. The Bertz CT molecular complexity index is 515. The monoisotopic (exact) mass is 268 g/mol. The number of hydrogen-bond acceptors (Lipinski definition) is 6. The molecule has 0 aliphatic carbocycles. The number of nitrogens with zero attached hydrogens (tertiary/aromatic N) is 4. The fourth-order valence-electron chi connectivity index (χ4n) is 1.49. The molecule has 0 aliphatic heterocycles. The molecular formula is C10H12N4O5. The molecule has 9 heteroatoms. The highest BCUT2D eigenvalue weighted by Gasteiger charge is 2.21. The average Bonchev–Trinajstić information content (AvgIpc) is 2.37. The summed E-state index contributed by atoms with van der Waals surface area (Å²) in [7, 11) is 0. The van der Waals surface area contributed by atoms with Crippen molar-refractivity contribution in [2.24, 2.45) is 5.11 Å². The van der Waals surface area contributed by atoms with E-state index in [0.717, 1.165) is 12.1 Å². The molecule has 3 N–H and O–H groups in total. The van der Waals surface area contributed by atoms with Crippen molar-refractivity contribution in [2.45, 2.75) is 18.6 Å². The lowest BCUT2D eigenvalue weighted by atomic mass is 10.0. The molecule has 1 aromatic carbocycles. The van der Waals surface area contributed by atoms with Gasteiger partial charge in [0.25, 0.3) is 0 Å². The van der Waals surface area contributed by atoms with Gasteiger partial charge in [-0.1, -0.05) is 5.11 Å². The normalized spacial score (nSPS) is 13.4. The minimum absolute atomic E-state index is 0.00763. The molecule has 0 aromatic heterocycles. The largest absolute Gasteiger partial charge is 0.502 e. The summed E-state index contributed by atoms with van der Waals surface area (Å²) in [4.78, 5) is 12.2. The van der Waals surface area contributed by atoms with Gasteiger partial charge in [-0.25, -0.2) is 0 Å². The molecular weight excluding hydrogens is 256 g/mol. The Labute approximate surface area is 107 Å². The first kappa shape index (κ1) is 14.7. The van der Waals surface area contributed by atoms with E-state index in [1.54, 1.807) is 0 Å². The first-order chi connectivity index (χ1) is 8.97. The number of benzene rings is 1. The molecule has 102 valence electrons. The van der Waals surface area contributed by atoms with Crippen LogP contribution in [0.3, 0.4) is 0 Å². The molecule has 0 bridgehead atoms. The average molecular weight is 268 g/mol. The number of aliphatic hydroxyl groups excluding tert-OH is 2. The van der Waals surface area contributed by atoms with E-state index in [1.807, 2.05) is 0 Å². The zero-order valence-corrected chi connectivity index (χ0v) is 9.75. The van der Waals surface area contributed by atoms with E-state index in [0.29, 0.717) is 0 Å². The Balaban J connectivity index is 2.82. The van der Waals surface area contributed by atoms with Crippen LogP contribution in [-0.2, 0) is 0 Å². The van der Waals surface area contributed by atoms with Crippen molar-refractivity contribution in [3.63, 3.8) is 0 Å². The number of azide groups is 1. The quantitative estimate of drug-likeness (QED) is 0.234. The molecule has 2 atom stereocenters. The molecule has 0 amide bonds. The highest BCUT2D eigenvalue weighted by Crippen LogP contribution is 2.30. The van der Waals surface area contributed by atoms with Crippen molar-refractivity contribution >= 4 is 5.69 Å². The van der Waals surface area contributed by atoms with Crippen molar-refractivity contribution in [3.8, 4) is 5.75 Å². The van der Waals surface area contributed by atoms with Gasteiger partial charge in [-0.3, -0.25) is 10.1 Å². The third-order valence-electron chi connectivity index (χ3n) is 2.49. The number of rotatable bonds is 6. The van der Waals surface area contributed by atoms with Gasteiger partial charge >= 0.3 is 5.69 Å². The molecule has 0 spiro atoms. The van der Waals surface area contributed by atoms with Crippen LogP contribution in [0.25, 0.3) is 10.4 Å². The van der Waals surface area contributed by atoms with Crippen molar-refractivity contribution < 1.29 is 20.2 Å². The lowest BCUT2D eigenvalue weighted by Gasteiger charge is -2.17. The molecule has 0 fully saturated rings. The lowest BCUT2D eigenvalue weighted by molar-refractivity contribution is -0.385. The van der Waals surface area contributed by atoms with Crippen molar-refractivity contribution in [1.29, 1.82) is 0 Å². The fourth-order valence-corrected chi connectivity index (χ4v) is 1.49. The summed E-state index contributed by atoms with van der Waals surface area (Å²) < 4.78 is 0. The third kappa shape index (κ3) is 3.81. The van der Waals surface area contributed by atoms with E-state index in [9.17, 15) is 25.4 Å². The standard InChI is InChI=1S/C10H12N4O5/c11-13-12-4-3-8(15)10(17)6-1-2-7(14(18)19)9(16)5-6/h1-2,5,8,10,15-17H,3-4H2. The van der Waals surface area contributed by atoms with Crippen molar-refractivity contribution in [1.82, 2.24) is 0 Å². The van der Waals surface area contributed by atoms with E-state index < -0.39 is 28.6 Å². The first-order valence-corrected chi connectivity index (χ1v) is 5.31. The van der Waals surface area contributed by atoms with Crippen LogP contribution in [0.4, 0.5) is 5.69 Å². The van der Waals surface area contributed by atoms with Gasteiger partial charge in [-0.15, -0.1) is 0 Å². The summed E-state index contributed by atoms with van der Waals surface area (Å²) in [5, 5.41) is 42.5. The second-order valence-corrected chi connectivity index (χ2v) is 3.76. The van der Waals surface area contributed by atoms with Crippen LogP contribution < -0.4 is 0 Å². The zero-order valence-electron chi connectivity index (χ0n) is 9.75. The maximum Gasteiger partial charge on any atom is 0.310 e. The maximum absolute atomic E-state index is 10.5. The Morgan fingerprint density at radius 3 is 2.68 bits per heavy atom. The van der Waals surface area contributed by atoms with Gasteiger partial charge in [0.05, 0.1) is 11.0 Å². The van der Waals surface area contributed by atoms with Crippen molar-refractivity contribution in [2.75, 3.05) is 6.54 Å². The highest BCUT2D eigenvalue weighted by molar-refractivity contribution is 5.47. The number of nitro groups is 1. The number of hydrogen-bond donors (Lipinski definition) is 3. The number of aliphatic hydroxyl groups is 2. The molecule has 0 saturated carbocycles. The second kappa shape index (κ2) is 6.55. The van der Waals surface area contributed by atoms with Gasteiger partial charge in [0, 0.05) is 17.5 Å². The van der Waals surface area contributed by atoms with Crippen LogP contribution in [0, 0.1) is 10.1 Å². The van der Waals surface area contributed by atoms with E-state index in [4.69, 9.17) is 5.53 Å². The molecule has 1 aromatic rings. The summed E-state index contributed by atoms with van der Waals surface area (Å²) in [6.07, 6.45) is -2.50. The molecule has 9 nitrogen and oxygen atoms in total. The molecule has 0 heterocycles. The maximum atomic E-state index is 10.5. The van der Waals surface area contributed by atoms with Gasteiger partial charge in [-0.05, 0) is 29.6 Å². The van der Waals surface area contributed by atoms with Gasteiger partial charge in [0.2, 0.25) is 0 Å². The van der Waals surface area contributed by atoms with Crippen LogP contribution in [0.15, 0.2) is 23.3 Å². The summed E-state index contributed by atoms with van der Waals surface area (Å²) in [5.41, 5.74) is 7.72. The molecule has 19 heavy (non-hydrogen) atoms. The number of nitro benzene ring substituents is 1. The van der Waals surface area contributed by atoms with E-state index >= 15 is 0 Å². The zero-order chi connectivity index (χ0) is 14.4. The van der Waals surface area contributed by atoms with Crippen molar-refractivity contribution in [3.05, 3.63) is 44.3 Å². The topological polar surface area (TPSA) is 153 Å². The lowest BCUT2D eigenvalue weighted by Crippen LogP contribution is -2.19. The van der Waals surface area contributed by atoms with Gasteiger partial charge in [0.15, 0.2) is 5.75 Å². The molecule has 0 aliphatic rings.